The van der Waals surface area contributed by atoms with Gasteiger partial charge in [0.2, 0.25) is 0 Å². The predicted octanol–water partition coefficient (Wildman–Crippen LogP) is -1.25. The average molecular weight is 394 g/mol. The number of halogens is 1. The second kappa shape index (κ2) is 8.98. The maximum atomic E-state index is 8.49. The fourth-order valence-electron chi connectivity index (χ4n) is 2.73. The van der Waals surface area contributed by atoms with Crippen LogP contribution in [0.3, 0.4) is 0 Å². The van der Waals surface area contributed by atoms with E-state index < -0.39 is 10.2 Å². The van der Waals surface area contributed by atoms with Crippen molar-refractivity contribution in [2.75, 3.05) is 14.2 Å². The highest BCUT2D eigenvalue weighted by Gasteiger charge is 2.15. The minimum absolute atomic E-state index is 0.759. The summed E-state index contributed by atoms with van der Waals surface area (Å²) in [6.45, 7) is 2.99. The number of nitrogens with zero attached hydrogens (tertiary/aromatic N) is 1. The molecule has 144 valence electrons. The number of aryl methyl sites for hydroxylation is 1. The summed E-state index contributed by atoms with van der Waals surface area (Å²) in [6, 6.07) is 16.7. The van der Waals surface area contributed by atoms with Crippen LogP contribution in [0.15, 0.2) is 54.7 Å². The molecule has 0 N–H and O–H groups in total. The second-order valence-corrected chi connectivity index (χ2v) is 6.44. The maximum Gasteiger partial charge on any atom is 0.186 e. The number of aromatic nitrogens is 1. The van der Waals surface area contributed by atoms with Crippen molar-refractivity contribution in [1.29, 1.82) is 0 Å². The number of hydrogen-bond donors (Lipinski definition) is 0. The van der Waals surface area contributed by atoms with Crippen LogP contribution in [0.1, 0.15) is 11.3 Å². The van der Waals surface area contributed by atoms with Crippen LogP contribution in [0, 0.1) is 17.2 Å². The molecule has 0 atom stereocenters. The van der Waals surface area contributed by atoms with Gasteiger partial charge in [0.25, 0.3) is 0 Å². The molecule has 0 aliphatic rings. The number of ether oxygens (including phenoxy) is 2. The molecular formula is C19H20ClNO6. The van der Waals surface area contributed by atoms with Gasteiger partial charge in [-0.1, -0.05) is 30.3 Å². The largest absolute Gasteiger partial charge is 0.493 e. The van der Waals surface area contributed by atoms with Gasteiger partial charge in [-0.2, -0.15) is 4.57 Å². The fourth-order valence-corrected chi connectivity index (χ4v) is 2.73. The zero-order valence-electron chi connectivity index (χ0n) is 15.2. The molecule has 0 saturated heterocycles. The quantitative estimate of drug-likeness (QED) is 0.511. The van der Waals surface area contributed by atoms with E-state index in [4.69, 9.17) is 28.1 Å². The predicted molar refractivity (Wildman–Crippen MR) is 87.5 cm³/mol. The number of hydrogen-bond acceptors (Lipinski definition) is 6. The molecule has 3 rings (SSSR count). The first kappa shape index (κ1) is 20.9. The van der Waals surface area contributed by atoms with E-state index in [-0.39, 0.29) is 0 Å². The van der Waals surface area contributed by atoms with Crippen molar-refractivity contribution in [3.8, 4) is 11.5 Å². The summed E-state index contributed by atoms with van der Waals surface area (Å²) in [5, 5.41) is 2.33. The van der Waals surface area contributed by atoms with E-state index in [0.29, 0.717) is 0 Å². The molecule has 0 aliphatic heterocycles. The summed E-state index contributed by atoms with van der Waals surface area (Å²) in [7, 11) is -1.62. The van der Waals surface area contributed by atoms with Gasteiger partial charge in [-0.15, -0.1) is 10.2 Å². The van der Waals surface area contributed by atoms with E-state index in [0.717, 1.165) is 23.4 Å². The Morgan fingerprint density at radius 3 is 2.00 bits per heavy atom. The fraction of sp³-hybridized carbons (Fsp3) is 0.211. The van der Waals surface area contributed by atoms with Crippen LogP contribution in [0.2, 0.25) is 0 Å². The van der Waals surface area contributed by atoms with Gasteiger partial charge < -0.3 is 9.47 Å². The Kier molecular flexibility index (Phi) is 6.95. The van der Waals surface area contributed by atoms with Gasteiger partial charge in [-0.25, -0.2) is 18.6 Å². The van der Waals surface area contributed by atoms with Crippen LogP contribution in [0.4, 0.5) is 0 Å². The van der Waals surface area contributed by atoms with Crippen LogP contribution in [0.5, 0.6) is 11.5 Å². The summed E-state index contributed by atoms with van der Waals surface area (Å²) >= 11 is 0. The van der Waals surface area contributed by atoms with Crippen molar-refractivity contribution < 1.29 is 42.9 Å². The van der Waals surface area contributed by atoms with E-state index in [2.05, 4.69) is 48.0 Å². The van der Waals surface area contributed by atoms with Gasteiger partial charge in [0, 0.05) is 18.6 Å². The molecule has 1 heterocycles. The molecule has 2 aromatic carbocycles. The molecule has 3 aromatic rings. The highest BCUT2D eigenvalue weighted by atomic mass is 35.7. The number of fused-ring (bicyclic) bond motifs is 1. The normalized spacial score (nSPS) is 10.9. The molecule has 0 unspecified atom stereocenters. The average Bonchev–Trinajstić information content (AvgIpc) is 2.62. The summed E-state index contributed by atoms with van der Waals surface area (Å²) in [6.07, 6.45) is 2.12. The first-order chi connectivity index (χ1) is 12.7. The minimum atomic E-state index is -4.94. The van der Waals surface area contributed by atoms with Gasteiger partial charge in [0.1, 0.15) is 0 Å². The van der Waals surface area contributed by atoms with Crippen LogP contribution in [-0.2, 0) is 6.54 Å². The SMILES string of the molecule is COc1cc2cc[n+](Cc3ccccc3)c(C)c2cc1OC.[O-][Cl+3]([O-])([O-])[O-]. The molecule has 0 amide bonds. The summed E-state index contributed by atoms with van der Waals surface area (Å²) < 4.78 is 47.0. The smallest absolute Gasteiger partial charge is 0.186 e. The Balaban J connectivity index is 0.000000465. The summed E-state index contributed by atoms with van der Waals surface area (Å²) in [5.41, 5.74) is 2.50. The molecule has 8 heteroatoms. The first-order valence-electron chi connectivity index (χ1n) is 7.93. The van der Waals surface area contributed by atoms with Crippen molar-refractivity contribution in [3.05, 3.63) is 66.0 Å². The minimum Gasteiger partial charge on any atom is -0.493 e. The Morgan fingerprint density at radius 1 is 0.889 bits per heavy atom. The van der Waals surface area contributed by atoms with Crippen LogP contribution < -0.4 is 32.7 Å². The van der Waals surface area contributed by atoms with Crippen molar-refractivity contribution in [1.82, 2.24) is 0 Å². The third-order valence-electron chi connectivity index (χ3n) is 4.01. The van der Waals surface area contributed by atoms with E-state index >= 15 is 0 Å². The van der Waals surface area contributed by atoms with Crippen LogP contribution in [0.25, 0.3) is 10.8 Å². The van der Waals surface area contributed by atoms with Gasteiger partial charge in [-0.3, -0.25) is 0 Å². The number of pyridine rings is 1. The molecule has 1 aromatic heterocycles. The van der Waals surface area contributed by atoms with Crippen molar-refractivity contribution >= 4 is 10.8 Å². The Morgan fingerprint density at radius 2 is 1.44 bits per heavy atom. The number of benzene rings is 2. The molecule has 0 bridgehead atoms. The molecule has 0 radical (unpaired) electrons. The van der Waals surface area contributed by atoms with Gasteiger partial charge >= 0.3 is 0 Å². The molecule has 27 heavy (non-hydrogen) atoms. The highest BCUT2D eigenvalue weighted by Crippen LogP contribution is 2.32. The zero-order chi connectivity index (χ0) is 20.0. The summed E-state index contributed by atoms with van der Waals surface area (Å²) in [4.78, 5) is 0. The topological polar surface area (TPSA) is 115 Å². The van der Waals surface area contributed by atoms with Crippen molar-refractivity contribution in [2.24, 2.45) is 0 Å². The Bertz CT molecular complexity index is 890. The third kappa shape index (κ3) is 6.06. The van der Waals surface area contributed by atoms with Crippen molar-refractivity contribution in [3.63, 3.8) is 0 Å². The monoisotopic (exact) mass is 393 g/mol. The first-order valence-corrected chi connectivity index (χ1v) is 9.17. The second-order valence-electron chi connectivity index (χ2n) is 5.69. The number of rotatable bonds is 4. The molecule has 0 saturated carbocycles. The Labute approximate surface area is 159 Å². The lowest BCUT2D eigenvalue weighted by Gasteiger charge is -2.17. The zero-order valence-corrected chi connectivity index (χ0v) is 15.9. The summed E-state index contributed by atoms with van der Waals surface area (Å²) in [5.74, 6) is 1.52. The van der Waals surface area contributed by atoms with Gasteiger partial charge in [0.05, 0.1) is 19.6 Å². The van der Waals surface area contributed by atoms with E-state index in [9.17, 15) is 0 Å². The van der Waals surface area contributed by atoms with Gasteiger partial charge in [-0.05, 0) is 17.5 Å². The van der Waals surface area contributed by atoms with Crippen LogP contribution >= 0.6 is 0 Å². The molecule has 7 nitrogen and oxygen atoms in total. The standard InChI is InChI=1S/C19H20NO2.ClHO4/c1-14-17-12-19(22-3)18(21-2)11-16(17)9-10-20(14)13-15-7-5-4-6-8-15;2-1(3,4)5/h4-12H,13H2,1-3H3;(H,2,3,4,5)/q+1;/p-1. The molecule has 0 spiro atoms. The molecule has 0 fully saturated rings. The van der Waals surface area contributed by atoms with Gasteiger partial charge in [0.15, 0.2) is 29.9 Å². The lowest BCUT2D eigenvalue weighted by Crippen LogP contribution is -2.68. The van der Waals surface area contributed by atoms with Crippen molar-refractivity contribution in [2.45, 2.75) is 13.5 Å². The molecule has 0 aliphatic carbocycles. The maximum absolute atomic E-state index is 8.49. The van der Waals surface area contributed by atoms with E-state index in [1.54, 1.807) is 14.2 Å². The lowest BCUT2D eigenvalue weighted by molar-refractivity contribution is -2.00. The van der Waals surface area contributed by atoms with E-state index in [1.165, 1.54) is 16.6 Å². The Hall–Kier alpha value is -2.42. The number of methoxy groups -OCH3 is 2. The highest BCUT2D eigenvalue weighted by molar-refractivity contribution is 5.86. The lowest BCUT2D eigenvalue weighted by atomic mass is 10.1. The van der Waals surface area contributed by atoms with Crippen LogP contribution in [-0.4, -0.2) is 14.2 Å². The molecular weight excluding hydrogens is 374 g/mol. The third-order valence-corrected chi connectivity index (χ3v) is 4.01. The van der Waals surface area contributed by atoms with E-state index in [1.807, 2.05) is 18.2 Å².